The first kappa shape index (κ1) is 7.73. The standard InChI is InChI=1S/C8H14O2/c1-6(9)3-7-4-8(2,10)5-7/h7,10H,3-5H2,1-2H3. The quantitative estimate of drug-likeness (QED) is 0.627. The second-order valence-electron chi connectivity index (χ2n) is 3.68. The molecule has 0 spiro atoms. The Bertz CT molecular complexity index is 141. The molecule has 0 amide bonds. The van der Waals surface area contributed by atoms with Crippen LogP contribution in [0.5, 0.6) is 0 Å². The van der Waals surface area contributed by atoms with Gasteiger partial charge >= 0.3 is 0 Å². The fourth-order valence-corrected chi connectivity index (χ4v) is 1.73. The minimum atomic E-state index is -0.472. The van der Waals surface area contributed by atoms with E-state index < -0.39 is 5.60 Å². The van der Waals surface area contributed by atoms with Gasteiger partial charge in [-0.15, -0.1) is 0 Å². The molecule has 1 fully saturated rings. The molecule has 10 heavy (non-hydrogen) atoms. The average Bonchev–Trinajstić information content (AvgIpc) is 1.57. The van der Waals surface area contributed by atoms with Crippen molar-refractivity contribution in [2.24, 2.45) is 5.92 Å². The summed E-state index contributed by atoms with van der Waals surface area (Å²) in [5.41, 5.74) is -0.472. The van der Waals surface area contributed by atoms with Crippen LogP contribution in [0.15, 0.2) is 0 Å². The predicted octanol–water partition coefficient (Wildman–Crippen LogP) is 1.13. The summed E-state index contributed by atoms with van der Waals surface area (Å²) in [4.78, 5) is 10.6. The summed E-state index contributed by atoms with van der Waals surface area (Å²) >= 11 is 0. The number of hydrogen-bond donors (Lipinski definition) is 1. The highest BCUT2D eigenvalue weighted by molar-refractivity contribution is 5.75. The maximum atomic E-state index is 10.6. The largest absolute Gasteiger partial charge is 0.390 e. The number of Topliss-reactive ketones (excluding diaryl/α,β-unsaturated/α-hetero) is 1. The van der Waals surface area contributed by atoms with E-state index in [1.54, 1.807) is 6.92 Å². The zero-order valence-electron chi connectivity index (χ0n) is 6.55. The van der Waals surface area contributed by atoms with Crippen LogP contribution in [0, 0.1) is 5.92 Å². The Kier molecular flexibility index (Phi) is 1.82. The van der Waals surface area contributed by atoms with Crippen LogP contribution in [-0.4, -0.2) is 16.5 Å². The van der Waals surface area contributed by atoms with Gasteiger partial charge in [-0.05, 0) is 32.6 Å². The second-order valence-corrected chi connectivity index (χ2v) is 3.68. The molecule has 1 saturated carbocycles. The van der Waals surface area contributed by atoms with Gasteiger partial charge in [-0.3, -0.25) is 0 Å². The van der Waals surface area contributed by atoms with E-state index in [9.17, 15) is 9.90 Å². The molecule has 58 valence electrons. The van der Waals surface area contributed by atoms with Crippen molar-refractivity contribution in [2.75, 3.05) is 0 Å². The minimum Gasteiger partial charge on any atom is -0.390 e. The van der Waals surface area contributed by atoms with E-state index in [-0.39, 0.29) is 5.78 Å². The van der Waals surface area contributed by atoms with Crippen molar-refractivity contribution in [1.29, 1.82) is 0 Å². The van der Waals surface area contributed by atoms with Gasteiger partial charge in [0, 0.05) is 6.42 Å². The Morgan fingerprint density at radius 1 is 1.70 bits per heavy atom. The lowest BCUT2D eigenvalue weighted by Gasteiger charge is -2.40. The molecule has 0 atom stereocenters. The Hall–Kier alpha value is -0.370. The SMILES string of the molecule is CC(=O)CC1CC(C)(O)C1. The van der Waals surface area contributed by atoms with E-state index in [0.717, 1.165) is 12.8 Å². The van der Waals surface area contributed by atoms with Crippen LogP contribution < -0.4 is 0 Å². The van der Waals surface area contributed by atoms with Gasteiger partial charge in [0.05, 0.1) is 5.60 Å². The zero-order chi connectivity index (χ0) is 7.78. The summed E-state index contributed by atoms with van der Waals surface area (Å²) in [5, 5.41) is 9.29. The Morgan fingerprint density at radius 3 is 2.50 bits per heavy atom. The van der Waals surface area contributed by atoms with E-state index in [4.69, 9.17) is 0 Å². The molecular formula is C8H14O2. The molecule has 0 saturated heterocycles. The Labute approximate surface area is 61.2 Å². The molecule has 0 unspecified atom stereocenters. The van der Waals surface area contributed by atoms with Gasteiger partial charge in [0.15, 0.2) is 0 Å². The van der Waals surface area contributed by atoms with Crippen molar-refractivity contribution in [3.8, 4) is 0 Å². The van der Waals surface area contributed by atoms with Gasteiger partial charge in [0.1, 0.15) is 5.78 Å². The number of carbonyl (C=O) groups is 1. The predicted molar refractivity (Wildman–Crippen MR) is 38.6 cm³/mol. The van der Waals surface area contributed by atoms with Crippen molar-refractivity contribution in [2.45, 2.75) is 38.7 Å². The van der Waals surface area contributed by atoms with Crippen LogP contribution in [0.1, 0.15) is 33.1 Å². The van der Waals surface area contributed by atoms with Gasteiger partial charge in [-0.2, -0.15) is 0 Å². The third-order valence-corrected chi connectivity index (χ3v) is 2.03. The molecule has 2 nitrogen and oxygen atoms in total. The van der Waals surface area contributed by atoms with Crippen molar-refractivity contribution in [3.63, 3.8) is 0 Å². The summed E-state index contributed by atoms with van der Waals surface area (Å²) < 4.78 is 0. The number of rotatable bonds is 2. The van der Waals surface area contributed by atoms with Crippen LogP contribution in [0.4, 0.5) is 0 Å². The highest BCUT2D eigenvalue weighted by Crippen LogP contribution is 2.39. The van der Waals surface area contributed by atoms with Gasteiger partial charge in [0.25, 0.3) is 0 Å². The minimum absolute atomic E-state index is 0.237. The first-order valence-corrected chi connectivity index (χ1v) is 3.71. The molecule has 0 aromatic rings. The van der Waals surface area contributed by atoms with Crippen LogP contribution in [0.2, 0.25) is 0 Å². The fourth-order valence-electron chi connectivity index (χ4n) is 1.73. The Morgan fingerprint density at radius 2 is 2.20 bits per heavy atom. The number of carbonyl (C=O) groups excluding carboxylic acids is 1. The topological polar surface area (TPSA) is 37.3 Å². The van der Waals surface area contributed by atoms with Gasteiger partial charge in [-0.25, -0.2) is 0 Å². The lowest BCUT2D eigenvalue weighted by Crippen LogP contribution is -2.41. The summed E-state index contributed by atoms with van der Waals surface area (Å²) in [6.07, 6.45) is 2.25. The average molecular weight is 142 g/mol. The number of hydrogen-bond acceptors (Lipinski definition) is 2. The highest BCUT2D eigenvalue weighted by Gasteiger charge is 2.38. The van der Waals surface area contributed by atoms with Crippen molar-refractivity contribution < 1.29 is 9.90 Å². The summed E-state index contributed by atoms with van der Waals surface area (Å²) in [6, 6.07) is 0. The van der Waals surface area contributed by atoms with E-state index in [2.05, 4.69) is 0 Å². The third-order valence-electron chi connectivity index (χ3n) is 2.03. The van der Waals surface area contributed by atoms with Crippen molar-refractivity contribution in [3.05, 3.63) is 0 Å². The summed E-state index contributed by atoms with van der Waals surface area (Å²) in [6.45, 7) is 3.43. The molecule has 1 rings (SSSR count). The smallest absolute Gasteiger partial charge is 0.130 e. The zero-order valence-corrected chi connectivity index (χ0v) is 6.55. The second kappa shape index (κ2) is 2.35. The third kappa shape index (κ3) is 1.81. The Balaban J connectivity index is 2.21. The highest BCUT2D eigenvalue weighted by atomic mass is 16.3. The van der Waals surface area contributed by atoms with Crippen LogP contribution in [0.25, 0.3) is 0 Å². The van der Waals surface area contributed by atoms with Crippen LogP contribution in [-0.2, 0) is 4.79 Å². The van der Waals surface area contributed by atoms with Gasteiger partial charge in [0.2, 0.25) is 0 Å². The van der Waals surface area contributed by atoms with Gasteiger partial charge in [-0.1, -0.05) is 0 Å². The van der Waals surface area contributed by atoms with E-state index in [1.165, 1.54) is 0 Å². The molecule has 1 aliphatic carbocycles. The molecule has 0 aromatic heterocycles. The fraction of sp³-hybridized carbons (Fsp3) is 0.875. The molecule has 1 N–H and O–H groups in total. The maximum absolute atomic E-state index is 10.6. The summed E-state index contributed by atoms with van der Waals surface area (Å²) in [5.74, 6) is 0.688. The molecule has 0 aliphatic heterocycles. The van der Waals surface area contributed by atoms with E-state index in [1.807, 2.05) is 6.92 Å². The number of ketones is 1. The van der Waals surface area contributed by atoms with E-state index >= 15 is 0 Å². The molecule has 0 aromatic carbocycles. The van der Waals surface area contributed by atoms with Gasteiger partial charge < -0.3 is 9.90 Å². The molecule has 0 bridgehead atoms. The summed E-state index contributed by atoms with van der Waals surface area (Å²) in [7, 11) is 0. The van der Waals surface area contributed by atoms with Crippen molar-refractivity contribution >= 4 is 5.78 Å². The number of aliphatic hydroxyl groups is 1. The van der Waals surface area contributed by atoms with Crippen LogP contribution >= 0.6 is 0 Å². The molecular weight excluding hydrogens is 128 g/mol. The monoisotopic (exact) mass is 142 g/mol. The first-order valence-electron chi connectivity index (χ1n) is 3.71. The molecule has 2 heteroatoms. The lowest BCUT2D eigenvalue weighted by atomic mass is 9.70. The van der Waals surface area contributed by atoms with E-state index in [0.29, 0.717) is 12.3 Å². The maximum Gasteiger partial charge on any atom is 0.130 e. The normalized spacial score (nSPS) is 38.9. The first-order chi connectivity index (χ1) is 4.49. The van der Waals surface area contributed by atoms with Crippen molar-refractivity contribution in [1.82, 2.24) is 0 Å². The molecule has 0 heterocycles. The molecule has 0 radical (unpaired) electrons. The lowest BCUT2D eigenvalue weighted by molar-refractivity contribution is -0.122. The molecule has 1 aliphatic rings. The van der Waals surface area contributed by atoms with Crippen LogP contribution in [0.3, 0.4) is 0 Å².